The fourth-order valence-electron chi connectivity index (χ4n) is 2.26. The molecule has 0 aromatic rings. The van der Waals surface area contributed by atoms with Gasteiger partial charge in [-0.25, -0.2) is 0 Å². The van der Waals surface area contributed by atoms with Gasteiger partial charge in [-0.15, -0.1) is 0 Å². The Morgan fingerprint density at radius 2 is 2.00 bits per heavy atom. The molecule has 1 amide bonds. The van der Waals surface area contributed by atoms with Crippen molar-refractivity contribution in [1.29, 1.82) is 0 Å². The van der Waals surface area contributed by atoms with Gasteiger partial charge >= 0.3 is 0 Å². The fourth-order valence-corrected chi connectivity index (χ4v) is 2.26. The summed E-state index contributed by atoms with van der Waals surface area (Å²) < 4.78 is 0. The molecule has 13 heavy (non-hydrogen) atoms. The van der Waals surface area contributed by atoms with Gasteiger partial charge in [-0.2, -0.15) is 0 Å². The van der Waals surface area contributed by atoms with Gasteiger partial charge in [0.1, 0.15) is 0 Å². The van der Waals surface area contributed by atoms with E-state index in [-0.39, 0.29) is 0 Å². The number of carbonyl (C=O) groups is 1. The maximum atomic E-state index is 10.0. The van der Waals surface area contributed by atoms with E-state index in [1.807, 2.05) is 0 Å². The molecule has 3 nitrogen and oxygen atoms in total. The average Bonchev–Trinajstić information content (AvgIpc) is 2.03. The van der Waals surface area contributed by atoms with Crippen LogP contribution in [0.1, 0.15) is 20.3 Å². The molecule has 0 radical (unpaired) electrons. The molecule has 2 atom stereocenters. The summed E-state index contributed by atoms with van der Waals surface area (Å²) >= 11 is 0. The van der Waals surface area contributed by atoms with E-state index < -0.39 is 0 Å². The van der Waals surface area contributed by atoms with Crippen LogP contribution in [0.4, 0.5) is 0 Å². The first kappa shape index (κ1) is 10.5. The Labute approximate surface area is 80.5 Å². The number of rotatable bonds is 4. The predicted octanol–water partition coefficient (Wildman–Crippen LogP) is 0.710. The number of piperidine rings is 1. The molecule has 1 aliphatic heterocycles. The van der Waals surface area contributed by atoms with E-state index in [0.717, 1.165) is 31.3 Å². The van der Waals surface area contributed by atoms with Crippen LogP contribution in [-0.4, -0.2) is 37.5 Å². The van der Waals surface area contributed by atoms with Crippen molar-refractivity contribution in [1.82, 2.24) is 10.2 Å². The fraction of sp³-hybridized carbons (Fsp3) is 0.900. The molecule has 1 aliphatic rings. The molecule has 76 valence electrons. The molecule has 1 saturated heterocycles. The summed E-state index contributed by atoms with van der Waals surface area (Å²) in [4.78, 5) is 12.5. The van der Waals surface area contributed by atoms with E-state index in [4.69, 9.17) is 0 Å². The zero-order chi connectivity index (χ0) is 9.68. The number of amides is 1. The van der Waals surface area contributed by atoms with E-state index in [1.54, 1.807) is 0 Å². The molecular formula is C10H20N2O. The second kappa shape index (κ2) is 5.22. The van der Waals surface area contributed by atoms with E-state index in [9.17, 15) is 4.79 Å². The Hall–Kier alpha value is -0.570. The van der Waals surface area contributed by atoms with Gasteiger partial charge in [0.15, 0.2) is 0 Å². The molecule has 0 aliphatic carbocycles. The standard InChI is InChI=1S/C10H20N2O/c1-9-5-10(2)7-12(6-9)4-3-11-8-13/h8-10H,3-7H2,1-2H3,(H,11,13). The van der Waals surface area contributed by atoms with Gasteiger partial charge < -0.3 is 10.2 Å². The molecule has 0 spiro atoms. The van der Waals surface area contributed by atoms with E-state index in [2.05, 4.69) is 24.1 Å². The molecule has 0 saturated carbocycles. The third-order valence-electron chi connectivity index (χ3n) is 2.60. The summed E-state index contributed by atoms with van der Waals surface area (Å²) in [6.07, 6.45) is 2.12. The molecule has 1 N–H and O–H groups in total. The van der Waals surface area contributed by atoms with Crippen molar-refractivity contribution in [3.8, 4) is 0 Å². The van der Waals surface area contributed by atoms with E-state index in [0.29, 0.717) is 0 Å². The van der Waals surface area contributed by atoms with Crippen LogP contribution in [0, 0.1) is 11.8 Å². The smallest absolute Gasteiger partial charge is 0.207 e. The number of hydrogen-bond donors (Lipinski definition) is 1. The number of carbonyl (C=O) groups excluding carboxylic acids is 1. The van der Waals surface area contributed by atoms with Crippen molar-refractivity contribution in [2.24, 2.45) is 11.8 Å². The second-order valence-electron chi connectivity index (χ2n) is 4.28. The minimum absolute atomic E-state index is 0.775. The highest BCUT2D eigenvalue weighted by Crippen LogP contribution is 2.20. The lowest BCUT2D eigenvalue weighted by Crippen LogP contribution is -2.41. The predicted molar refractivity (Wildman–Crippen MR) is 53.5 cm³/mol. The van der Waals surface area contributed by atoms with Crippen molar-refractivity contribution < 1.29 is 4.79 Å². The monoisotopic (exact) mass is 184 g/mol. The van der Waals surface area contributed by atoms with Gasteiger partial charge in [0.05, 0.1) is 0 Å². The summed E-state index contributed by atoms with van der Waals surface area (Å²) in [5.41, 5.74) is 0. The lowest BCUT2D eigenvalue weighted by atomic mass is 9.92. The van der Waals surface area contributed by atoms with Crippen molar-refractivity contribution in [2.45, 2.75) is 20.3 Å². The molecule has 1 heterocycles. The SMILES string of the molecule is CC1CC(C)CN(CCNC=O)C1. The number of likely N-dealkylation sites (tertiary alicyclic amines) is 1. The van der Waals surface area contributed by atoms with Crippen molar-refractivity contribution in [3.63, 3.8) is 0 Å². The van der Waals surface area contributed by atoms with Gasteiger partial charge in [-0.1, -0.05) is 13.8 Å². The first-order chi connectivity index (χ1) is 6.22. The van der Waals surface area contributed by atoms with Crippen LogP contribution < -0.4 is 5.32 Å². The van der Waals surface area contributed by atoms with E-state index in [1.165, 1.54) is 19.5 Å². The summed E-state index contributed by atoms with van der Waals surface area (Å²) in [6, 6.07) is 0. The molecule has 1 fully saturated rings. The Bertz CT molecular complexity index is 151. The maximum absolute atomic E-state index is 10.0. The van der Waals surface area contributed by atoms with Crippen molar-refractivity contribution in [3.05, 3.63) is 0 Å². The molecule has 0 aromatic carbocycles. The lowest BCUT2D eigenvalue weighted by Gasteiger charge is -2.34. The number of nitrogens with one attached hydrogen (secondary N) is 1. The summed E-state index contributed by atoms with van der Waals surface area (Å²) in [7, 11) is 0. The highest BCUT2D eigenvalue weighted by molar-refractivity contribution is 5.45. The van der Waals surface area contributed by atoms with Crippen LogP contribution in [-0.2, 0) is 4.79 Å². The highest BCUT2D eigenvalue weighted by atomic mass is 16.1. The molecule has 2 unspecified atom stereocenters. The third-order valence-corrected chi connectivity index (χ3v) is 2.60. The van der Waals surface area contributed by atoms with Crippen LogP contribution in [0.2, 0.25) is 0 Å². The summed E-state index contributed by atoms with van der Waals surface area (Å²) in [6.45, 7) is 8.75. The Morgan fingerprint density at radius 3 is 2.54 bits per heavy atom. The van der Waals surface area contributed by atoms with Crippen molar-refractivity contribution in [2.75, 3.05) is 26.2 Å². The van der Waals surface area contributed by atoms with Crippen LogP contribution >= 0.6 is 0 Å². The minimum Gasteiger partial charge on any atom is -0.357 e. The summed E-state index contributed by atoms with van der Waals surface area (Å²) in [5.74, 6) is 1.61. The van der Waals surface area contributed by atoms with Gasteiger partial charge in [-0.3, -0.25) is 4.79 Å². The topological polar surface area (TPSA) is 32.3 Å². The average molecular weight is 184 g/mol. The van der Waals surface area contributed by atoms with Crippen LogP contribution in [0.3, 0.4) is 0 Å². The molecule has 1 rings (SSSR count). The summed E-state index contributed by atoms with van der Waals surface area (Å²) in [5, 5.41) is 2.70. The molecule has 0 aromatic heterocycles. The number of nitrogens with zero attached hydrogens (tertiary/aromatic N) is 1. The van der Waals surface area contributed by atoms with Gasteiger partial charge in [0.25, 0.3) is 0 Å². The second-order valence-corrected chi connectivity index (χ2v) is 4.28. The zero-order valence-electron chi connectivity index (χ0n) is 8.62. The first-order valence-electron chi connectivity index (χ1n) is 5.11. The highest BCUT2D eigenvalue weighted by Gasteiger charge is 2.20. The quantitative estimate of drug-likeness (QED) is 0.515. The first-order valence-corrected chi connectivity index (χ1v) is 5.11. The zero-order valence-corrected chi connectivity index (χ0v) is 8.62. The molecule has 3 heteroatoms. The van der Waals surface area contributed by atoms with Crippen LogP contribution in [0.5, 0.6) is 0 Å². The van der Waals surface area contributed by atoms with Gasteiger partial charge in [0.2, 0.25) is 6.41 Å². The minimum atomic E-state index is 0.775. The normalized spacial score (nSPS) is 30.0. The van der Waals surface area contributed by atoms with Gasteiger partial charge in [0, 0.05) is 26.2 Å². The van der Waals surface area contributed by atoms with Gasteiger partial charge in [-0.05, 0) is 18.3 Å². The van der Waals surface area contributed by atoms with Crippen LogP contribution in [0.15, 0.2) is 0 Å². The largest absolute Gasteiger partial charge is 0.357 e. The number of hydrogen-bond acceptors (Lipinski definition) is 2. The van der Waals surface area contributed by atoms with E-state index >= 15 is 0 Å². The third kappa shape index (κ3) is 3.77. The molecule has 0 bridgehead atoms. The lowest BCUT2D eigenvalue weighted by molar-refractivity contribution is -0.109. The van der Waals surface area contributed by atoms with Crippen LogP contribution in [0.25, 0.3) is 0 Å². The maximum Gasteiger partial charge on any atom is 0.207 e. The molecular weight excluding hydrogens is 164 g/mol. The Morgan fingerprint density at radius 1 is 1.38 bits per heavy atom. The Kier molecular flexibility index (Phi) is 4.22. The Balaban J connectivity index is 2.20. The van der Waals surface area contributed by atoms with Crippen molar-refractivity contribution >= 4 is 6.41 Å².